The maximum absolute atomic E-state index is 12.9. The van der Waals surface area contributed by atoms with Crippen molar-refractivity contribution in [2.24, 2.45) is 0 Å². The molecule has 4 atom stereocenters. The molecule has 3 amide bonds. The first kappa shape index (κ1) is 18.3. The van der Waals surface area contributed by atoms with E-state index in [9.17, 15) is 19.5 Å². The Hall–Kier alpha value is -2.45. The number of imide groups is 1. The van der Waals surface area contributed by atoms with E-state index in [4.69, 9.17) is 4.74 Å². The fraction of sp³-hybridized carbons (Fsp3) is 0.500. The number of nitrogens with one attached hydrogen (secondary N) is 1. The van der Waals surface area contributed by atoms with Crippen molar-refractivity contribution in [3.05, 3.63) is 29.8 Å². The van der Waals surface area contributed by atoms with Crippen molar-refractivity contribution >= 4 is 23.6 Å². The van der Waals surface area contributed by atoms with Gasteiger partial charge in [0.05, 0.1) is 7.11 Å². The third kappa shape index (κ3) is 3.17. The number of quaternary nitrogens is 1. The number of hydrogen-bond acceptors (Lipinski definition) is 5. The van der Waals surface area contributed by atoms with Gasteiger partial charge in [-0.1, -0.05) is 17.7 Å². The van der Waals surface area contributed by atoms with Crippen molar-refractivity contribution in [1.29, 1.82) is 0 Å². The summed E-state index contributed by atoms with van der Waals surface area (Å²) in [5, 5.41) is 9.90. The van der Waals surface area contributed by atoms with Gasteiger partial charge in [-0.15, -0.1) is 0 Å². The molecule has 1 unspecified atom stereocenters. The molecule has 140 valence electrons. The van der Waals surface area contributed by atoms with Crippen LogP contribution >= 0.6 is 0 Å². The van der Waals surface area contributed by atoms with E-state index in [2.05, 4.69) is 0 Å². The topological polar surface area (TPSA) is 91.6 Å². The number of anilines is 1. The minimum Gasteiger partial charge on any atom is -0.465 e. The van der Waals surface area contributed by atoms with Crippen molar-refractivity contribution in [3.63, 3.8) is 0 Å². The molecule has 0 aromatic heterocycles. The highest BCUT2D eigenvalue weighted by Crippen LogP contribution is 2.25. The molecule has 2 heterocycles. The van der Waals surface area contributed by atoms with Crippen LogP contribution in [0.4, 0.5) is 10.5 Å². The Morgan fingerprint density at radius 1 is 1.31 bits per heavy atom. The van der Waals surface area contributed by atoms with Gasteiger partial charge in [-0.3, -0.25) is 9.69 Å². The van der Waals surface area contributed by atoms with E-state index in [0.717, 1.165) is 10.5 Å². The molecule has 3 rings (SSSR count). The van der Waals surface area contributed by atoms with Gasteiger partial charge in [0.15, 0.2) is 12.7 Å². The van der Waals surface area contributed by atoms with Gasteiger partial charge in [0.25, 0.3) is 5.91 Å². The molecule has 8 heteroatoms. The van der Waals surface area contributed by atoms with Crippen molar-refractivity contribution in [3.8, 4) is 0 Å². The largest absolute Gasteiger partial charge is 0.465 e. The smallest absolute Gasteiger partial charge is 0.364 e. The fourth-order valence-electron chi connectivity index (χ4n) is 3.66. The van der Waals surface area contributed by atoms with Crippen molar-refractivity contribution in [2.45, 2.75) is 38.5 Å². The molecule has 1 aromatic carbocycles. The number of urea groups is 1. The van der Waals surface area contributed by atoms with E-state index >= 15 is 0 Å². The number of nitrogens with zero attached hydrogens (tertiary/aromatic N) is 2. The zero-order valence-corrected chi connectivity index (χ0v) is 15.1. The Kier molecular flexibility index (Phi) is 4.97. The second-order valence-electron chi connectivity index (χ2n) is 6.92. The molecule has 0 saturated carbocycles. The molecule has 0 aliphatic carbocycles. The van der Waals surface area contributed by atoms with Crippen LogP contribution in [0.3, 0.4) is 0 Å². The highest BCUT2D eigenvalue weighted by molar-refractivity contribution is 6.13. The van der Waals surface area contributed by atoms with E-state index in [1.54, 1.807) is 6.92 Å². The molecular formula is C18H24N3O5+. The van der Waals surface area contributed by atoms with Gasteiger partial charge in [0, 0.05) is 12.1 Å². The average Bonchev–Trinajstić information content (AvgIpc) is 3.08. The number of ether oxygens (including phenoxy) is 1. The number of benzene rings is 1. The monoisotopic (exact) mass is 362 g/mol. The Bertz CT molecular complexity index is 720. The number of aliphatic hydroxyl groups is 1. The molecular weight excluding hydrogens is 338 g/mol. The zero-order chi connectivity index (χ0) is 19.0. The van der Waals surface area contributed by atoms with Crippen LogP contribution < -0.4 is 9.80 Å². The minimum absolute atomic E-state index is 0.0290. The normalized spacial score (nSPS) is 28.8. The maximum atomic E-state index is 12.9. The van der Waals surface area contributed by atoms with Crippen LogP contribution in [0.5, 0.6) is 0 Å². The number of esters is 1. The fourth-order valence-corrected chi connectivity index (χ4v) is 3.66. The van der Waals surface area contributed by atoms with Crippen LogP contribution in [-0.4, -0.2) is 66.4 Å². The second kappa shape index (κ2) is 7.05. The summed E-state index contributed by atoms with van der Waals surface area (Å²) in [5.74, 6) is -0.757. The summed E-state index contributed by atoms with van der Waals surface area (Å²) in [4.78, 5) is 40.7. The Morgan fingerprint density at radius 2 is 1.96 bits per heavy atom. The quantitative estimate of drug-likeness (QED) is 0.546. The lowest BCUT2D eigenvalue weighted by Crippen LogP contribution is -3.16. The highest BCUT2D eigenvalue weighted by Gasteiger charge is 2.48. The Morgan fingerprint density at radius 3 is 2.58 bits per heavy atom. The molecule has 2 aliphatic rings. The molecule has 8 nitrogen and oxygen atoms in total. The standard InChI is InChI=1S/C18H23N3O5/c1-11-4-6-13(7-5-11)21-12(2)16(23)20(18(21)25)10-19-9-14(22)8-15(19)17(24)26-3/h4-7,12,14-15,22H,8-10H2,1-3H3/p+1/t12-,14-,15+/m1/s1. The first-order valence-electron chi connectivity index (χ1n) is 8.65. The second-order valence-corrected chi connectivity index (χ2v) is 6.92. The average molecular weight is 362 g/mol. The zero-order valence-electron chi connectivity index (χ0n) is 15.1. The molecule has 0 bridgehead atoms. The number of amides is 3. The highest BCUT2D eigenvalue weighted by atomic mass is 16.5. The van der Waals surface area contributed by atoms with E-state index in [0.29, 0.717) is 10.6 Å². The maximum Gasteiger partial charge on any atom is 0.364 e. The van der Waals surface area contributed by atoms with Gasteiger partial charge < -0.3 is 14.7 Å². The van der Waals surface area contributed by atoms with Gasteiger partial charge >= 0.3 is 12.0 Å². The summed E-state index contributed by atoms with van der Waals surface area (Å²) in [7, 11) is 1.29. The predicted molar refractivity (Wildman–Crippen MR) is 92.5 cm³/mol. The summed E-state index contributed by atoms with van der Waals surface area (Å²) < 4.78 is 4.78. The molecule has 0 radical (unpaired) electrons. The van der Waals surface area contributed by atoms with Gasteiger partial charge in [-0.2, -0.15) is 0 Å². The first-order valence-corrected chi connectivity index (χ1v) is 8.65. The van der Waals surface area contributed by atoms with Crippen LogP contribution in [-0.2, 0) is 14.3 Å². The lowest BCUT2D eigenvalue weighted by molar-refractivity contribution is -0.912. The lowest BCUT2D eigenvalue weighted by atomic mass is 10.2. The molecule has 26 heavy (non-hydrogen) atoms. The molecule has 0 spiro atoms. The molecule has 2 aliphatic heterocycles. The Balaban J connectivity index is 1.80. The molecule has 1 aromatic rings. The third-order valence-electron chi connectivity index (χ3n) is 5.11. The lowest BCUT2D eigenvalue weighted by Gasteiger charge is -2.24. The number of rotatable bonds is 4. The molecule has 2 fully saturated rings. The first-order chi connectivity index (χ1) is 12.3. The van der Waals surface area contributed by atoms with Crippen LogP contribution in [0.2, 0.25) is 0 Å². The van der Waals surface area contributed by atoms with E-state index in [-0.39, 0.29) is 25.5 Å². The summed E-state index contributed by atoms with van der Waals surface area (Å²) in [6.07, 6.45) is -0.400. The summed E-state index contributed by atoms with van der Waals surface area (Å²) >= 11 is 0. The van der Waals surface area contributed by atoms with E-state index in [1.807, 2.05) is 31.2 Å². The van der Waals surface area contributed by atoms with E-state index in [1.165, 1.54) is 12.0 Å². The number of carbonyl (C=O) groups is 3. The SMILES string of the molecule is COC(=O)[C@@H]1C[C@@H](O)C[NH+]1CN1C(=O)[C@@H](C)N(c2ccc(C)cc2)C1=O. The van der Waals surface area contributed by atoms with Crippen molar-refractivity contribution in [1.82, 2.24) is 4.90 Å². The predicted octanol–water partition coefficient (Wildman–Crippen LogP) is -0.699. The number of aliphatic hydroxyl groups excluding tert-OH is 1. The number of likely N-dealkylation sites (tertiary alicyclic amines) is 1. The number of carbonyl (C=O) groups excluding carboxylic acids is 3. The summed E-state index contributed by atoms with van der Waals surface area (Å²) in [6, 6.07) is 5.78. The molecule has 2 saturated heterocycles. The van der Waals surface area contributed by atoms with Gasteiger partial charge in [-0.25, -0.2) is 14.5 Å². The number of aryl methyl sites for hydroxylation is 1. The molecule has 2 N–H and O–H groups in total. The third-order valence-corrected chi connectivity index (χ3v) is 5.11. The minimum atomic E-state index is -0.660. The number of hydrogen-bond donors (Lipinski definition) is 2. The summed E-state index contributed by atoms with van der Waals surface area (Å²) in [6.45, 7) is 3.95. The van der Waals surface area contributed by atoms with E-state index < -0.39 is 30.2 Å². The van der Waals surface area contributed by atoms with Crippen LogP contribution in [0.25, 0.3) is 0 Å². The van der Waals surface area contributed by atoms with Crippen LogP contribution in [0.15, 0.2) is 24.3 Å². The van der Waals surface area contributed by atoms with Crippen molar-refractivity contribution in [2.75, 3.05) is 25.2 Å². The van der Waals surface area contributed by atoms with Gasteiger partial charge in [0.1, 0.15) is 18.7 Å². The Labute approximate surface area is 151 Å². The van der Waals surface area contributed by atoms with Crippen LogP contribution in [0, 0.1) is 6.92 Å². The van der Waals surface area contributed by atoms with Crippen molar-refractivity contribution < 1.29 is 29.1 Å². The van der Waals surface area contributed by atoms with Gasteiger partial charge in [0.2, 0.25) is 0 Å². The van der Waals surface area contributed by atoms with Gasteiger partial charge in [-0.05, 0) is 26.0 Å². The summed E-state index contributed by atoms with van der Waals surface area (Å²) in [5.41, 5.74) is 1.72. The van der Waals surface area contributed by atoms with Crippen LogP contribution in [0.1, 0.15) is 18.9 Å². The number of methoxy groups -OCH3 is 1.